The molecule has 92 valence electrons. The zero-order chi connectivity index (χ0) is 12.1. The second-order valence-corrected chi connectivity index (χ2v) is 4.89. The lowest BCUT2D eigenvalue weighted by Crippen LogP contribution is -2.39. The van der Waals surface area contributed by atoms with E-state index in [-0.39, 0.29) is 5.91 Å². The molecule has 1 aliphatic heterocycles. The van der Waals surface area contributed by atoms with Crippen molar-refractivity contribution in [3.05, 3.63) is 35.9 Å². The number of hydrogen-bond acceptors (Lipinski definition) is 1. The Bertz CT molecular complexity index is 352. The molecule has 1 fully saturated rings. The van der Waals surface area contributed by atoms with Gasteiger partial charge in [-0.25, -0.2) is 0 Å². The molecule has 1 amide bonds. The van der Waals surface area contributed by atoms with Crippen molar-refractivity contribution in [3.8, 4) is 0 Å². The highest BCUT2D eigenvalue weighted by molar-refractivity contribution is 5.78. The standard InChI is InChI=1S/C15H21NO/c1-2-13-8-10-16(11-9-13)15(17)12-14-6-4-3-5-7-14/h3-7,13H,2,8-12H2,1H3. The molecule has 2 heteroatoms. The van der Waals surface area contributed by atoms with Gasteiger partial charge in [-0.3, -0.25) is 4.79 Å². The SMILES string of the molecule is CCC1CCN(C(=O)Cc2ccccc2)CC1. The summed E-state index contributed by atoms with van der Waals surface area (Å²) in [7, 11) is 0. The number of rotatable bonds is 3. The van der Waals surface area contributed by atoms with Crippen molar-refractivity contribution >= 4 is 5.91 Å². The van der Waals surface area contributed by atoms with E-state index in [1.165, 1.54) is 19.3 Å². The first kappa shape index (κ1) is 12.2. The van der Waals surface area contributed by atoms with E-state index in [1.807, 2.05) is 35.2 Å². The molecule has 2 nitrogen and oxygen atoms in total. The van der Waals surface area contributed by atoms with E-state index in [2.05, 4.69) is 6.92 Å². The second kappa shape index (κ2) is 5.85. The summed E-state index contributed by atoms with van der Waals surface area (Å²) in [5, 5.41) is 0. The van der Waals surface area contributed by atoms with E-state index >= 15 is 0 Å². The normalized spacial score (nSPS) is 17.1. The van der Waals surface area contributed by atoms with Crippen LogP contribution < -0.4 is 0 Å². The molecule has 1 aromatic carbocycles. The Morgan fingerprint density at radius 3 is 2.47 bits per heavy atom. The fourth-order valence-electron chi connectivity index (χ4n) is 2.47. The Balaban J connectivity index is 1.85. The molecule has 0 aromatic heterocycles. The predicted octanol–water partition coefficient (Wildman–Crippen LogP) is 2.88. The van der Waals surface area contributed by atoms with E-state index < -0.39 is 0 Å². The van der Waals surface area contributed by atoms with Gasteiger partial charge in [-0.15, -0.1) is 0 Å². The smallest absolute Gasteiger partial charge is 0.226 e. The van der Waals surface area contributed by atoms with Crippen LogP contribution in [0.25, 0.3) is 0 Å². The van der Waals surface area contributed by atoms with Gasteiger partial charge in [0.2, 0.25) is 5.91 Å². The molecule has 0 spiro atoms. The van der Waals surface area contributed by atoms with Crippen molar-refractivity contribution in [3.63, 3.8) is 0 Å². The van der Waals surface area contributed by atoms with Crippen molar-refractivity contribution in [2.75, 3.05) is 13.1 Å². The molecule has 0 unspecified atom stereocenters. The quantitative estimate of drug-likeness (QED) is 0.783. The van der Waals surface area contributed by atoms with Crippen LogP contribution in [0.5, 0.6) is 0 Å². The van der Waals surface area contributed by atoms with E-state index in [9.17, 15) is 4.79 Å². The lowest BCUT2D eigenvalue weighted by molar-refractivity contribution is -0.131. The fraction of sp³-hybridized carbons (Fsp3) is 0.533. The van der Waals surface area contributed by atoms with Crippen LogP contribution >= 0.6 is 0 Å². The van der Waals surface area contributed by atoms with Crippen LogP contribution in [0, 0.1) is 5.92 Å². The summed E-state index contributed by atoms with van der Waals surface area (Å²) in [5.74, 6) is 1.11. The molecule has 0 N–H and O–H groups in total. The van der Waals surface area contributed by atoms with Crippen molar-refractivity contribution in [2.24, 2.45) is 5.92 Å². The van der Waals surface area contributed by atoms with E-state index in [0.29, 0.717) is 6.42 Å². The average molecular weight is 231 g/mol. The molecular weight excluding hydrogens is 210 g/mol. The Labute approximate surface area is 104 Å². The van der Waals surface area contributed by atoms with Crippen molar-refractivity contribution in [1.82, 2.24) is 4.90 Å². The third kappa shape index (κ3) is 3.32. The Hall–Kier alpha value is -1.31. The molecule has 1 aliphatic rings. The Kier molecular flexibility index (Phi) is 4.18. The first-order chi connectivity index (χ1) is 8.29. The first-order valence-electron chi connectivity index (χ1n) is 6.61. The molecule has 0 saturated carbocycles. The van der Waals surface area contributed by atoms with Gasteiger partial charge >= 0.3 is 0 Å². The molecule has 1 heterocycles. The highest BCUT2D eigenvalue weighted by Crippen LogP contribution is 2.20. The van der Waals surface area contributed by atoms with Gasteiger partial charge in [0.15, 0.2) is 0 Å². The molecule has 1 saturated heterocycles. The van der Waals surface area contributed by atoms with Gasteiger partial charge in [-0.2, -0.15) is 0 Å². The molecule has 0 radical (unpaired) electrons. The molecular formula is C15H21NO. The third-order valence-corrected chi connectivity index (χ3v) is 3.74. The highest BCUT2D eigenvalue weighted by Gasteiger charge is 2.21. The van der Waals surface area contributed by atoms with E-state index in [0.717, 1.165) is 24.6 Å². The molecule has 0 aliphatic carbocycles. The number of hydrogen-bond donors (Lipinski definition) is 0. The minimum Gasteiger partial charge on any atom is -0.342 e. The molecule has 0 atom stereocenters. The second-order valence-electron chi connectivity index (χ2n) is 4.89. The summed E-state index contributed by atoms with van der Waals surface area (Å²) < 4.78 is 0. The average Bonchev–Trinajstić information content (AvgIpc) is 2.40. The van der Waals surface area contributed by atoms with E-state index in [4.69, 9.17) is 0 Å². The topological polar surface area (TPSA) is 20.3 Å². The monoisotopic (exact) mass is 231 g/mol. The third-order valence-electron chi connectivity index (χ3n) is 3.74. The zero-order valence-electron chi connectivity index (χ0n) is 10.6. The van der Waals surface area contributed by atoms with Crippen LogP contribution in [-0.2, 0) is 11.2 Å². The van der Waals surface area contributed by atoms with Crippen LogP contribution in [-0.4, -0.2) is 23.9 Å². The molecule has 0 bridgehead atoms. The lowest BCUT2D eigenvalue weighted by Gasteiger charge is -2.31. The van der Waals surface area contributed by atoms with Gasteiger partial charge in [-0.05, 0) is 24.3 Å². The maximum Gasteiger partial charge on any atom is 0.226 e. The number of benzene rings is 1. The summed E-state index contributed by atoms with van der Waals surface area (Å²) in [5.41, 5.74) is 1.12. The lowest BCUT2D eigenvalue weighted by atomic mass is 9.94. The summed E-state index contributed by atoms with van der Waals surface area (Å²) in [6, 6.07) is 10.0. The number of amides is 1. The van der Waals surface area contributed by atoms with E-state index in [1.54, 1.807) is 0 Å². The number of nitrogens with zero attached hydrogens (tertiary/aromatic N) is 1. The summed E-state index contributed by atoms with van der Waals surface area (Å²) >= 11 is 0. The molecule has 17 heavy (non-hydrogen) atoms. The summed E-state index contributed by atoms with van der Waals surface area (Å²) in [6.45, 7) is 4.14. The van der Waals surface area contributed by atoms with Crippen molar-refractivity contribution < 1.29 is 4.79 Å². The fourth-order valence-corrected chi connectivity index (χ4v) is 2.47. The van der Waals surface area contributed by atoms with Gasteiger partial charge in [-0.1, -0.05) is 43.7 Å². The van der Waals surface area contributed by atoms with Gasteiger partial charge in [0.1, 0.15) is 0 Å². The summed E-state index contributed by atoms with van der Waals surface area (Å²) in [6.07, 6.45) is 4.16. The van der Waals surface area contributed by atoms with Gasteiger partial charge in [0.25, 0.3) is 0 Å². The Morgan fingerprint density at radius 1 is 1.24 bits per heavy atom. The van der Waals surface area contributed by atoms with Crippen molar-refractivity contribution in [1.29, 1.82) is 0 Å². The predicted molar refractivity (Wildman–Crippen MR) is 69.7 cm³/mol. The zero-order valence-corrected chi connectivity index (χ0v) is 10.6. The van der Waals surface area contributed by atoms with Gasteiger partial charge in [0, 0.05) is 13.1 Å². The minimum absolute atomic E-state index is 0.283. The van der Waals surface area contributed by atoms with Crippen LogP contribution in [0.3, 0.4) is 0 Å². The first-order valence-corrected chi connectivity index (χ1v) is 6.61. The van der Waals surface area contributed by atoms with Crippen LogP contribution in [0.2, 0.25) is 0 Å². The van der Waals surface area contributed by atoms with Crippen LogP contribution in [0.15, 0.2) is 30.3 Å². The number of carbonyl (C=O) groups excluding carboxylic acids is 1. The molecule has 2 rings (SSSR count). The largest absolute Gasteiger partial charge is 0.342 e. The maximum atomic E-state index is 12.1. The number of piperidine rings is 1. The number of likely N-dealkylation sites (tertiary alicyclic amines) is 1. The van der Waals surface area contributed by atoms with Gasteiger partial charge < -0.3 is 4.90 Å². The maximum absolute atomic E-state index is 12.1. The molecule has 1 aromatic rings. The number of carbonyl (C=O) groups is 1. The van der Waals surface area contributed by atoms with Crippen molar-refractivity contribution in [2.45, 2.75) is 32.6 Å². The van der Waals surface area contributed by atoms with Gasteiger partial charge in [0.05, 0.1) is 6.42 Å². The minimum atomic E-state index is 0.283. The van der Waals surface area contributed by atoms with Crippen LogP contribution in [0.1, 0.15) is 31.7 Å². The highest BCUT2D eigenvalue weighted by atomic mass is 16.2. The Morgan fingerprint density at radius 2 is 1.88 bits per heavy atom. The van der Waals surface area contributed by atoms with Crippen LogP contribution in [0.4, 0.5) is 0 Å². The summed E-state index contributed by atoms with van der Waals surface area (Å²) in [4.78, 5) is 14.1.